The van der Waals surface area contributed by atoms with Gasteiger partial charge in [0.25, 0.3) is 0 Å². The molecule has 1 saturated heterocycles. The van der Waals surface area contributed by atoms with Crippen molar-refractivity contribution in [2.45, 2.75) is 37.3 Å². The molecule has 1 fully saturated rings. The molecule has 4 rings (SSSR count). The Hall–Kier alpha value is -1.64. The second-order valence-electron chi connectivity index (χ2n) is 7.17. The van der Waals surface area contributed by atoms with E-state index in [2.05, 4.69) is 71.9 Å². The van der Waals surface area contributed by atoms with E-state index < -0.39 is 0 Å². The van der Waals surface area contributed by atoms with Gasteiger partial charge in [-0.1, -0.05) is 54.6 Å². The van der Waals surface area contributed by atoms with Gasteiger partial charge in [0, 0.05) is 11.6 Å². The van der Waals surface area contributed by atoms with E-state index in [4.69, 9.17) is 0 Å². The first-order chi connectivity index (χ1) is 11.3. The fraction of sp³-hybridized carbons (Fsp3) is 0.429. The molecule has 120 valence electrons. The molecule has 1 N–H and O–H groups in total. The van der Waals surface area contributed by atoms with Crippen molar-refractivity contribution in [2.75, 3.05) is 20.1 Å². The van der Waals surface area contributed by atoms with E-state index in [1.54, 1.807) is 5.56 Å². The number of benzene rings is 2. The van der Waals surface area contributed by atoms with Gasteiger partial charge in [-0.2, -0.15) is 0 Å². The first-order valence-corrected chi connectivity index (χ1v) is 8.84. The highest BCUT2D eigenvalue weighted by atomic mass is 15.2. The highest BCUT2D eigenvalue weighted by molar-refractivity contribution is 5.37. The van der Waals surface area contributed by atoms with Crippen molar-refractivity contribution in [3.05, 3.63) is 71.3 Å². The first-order valence-electron chi connectivity index (χ1n) is 8.84. The minimum Gasteiger partial charge on any atom is -0.317 e. The predicted molar refractivity (Wildman–Crippen MR) is 95.6 cm³/mol. The van der Waals surface area contributed by atoms with Crippen LogP contribution in [0.5, 0.6) is 0 Å². The molecule has 2 aromatic carbocycles. The van der Waals surface area contributed by atoms with Crippen LogP contribution in [0.3, 0.4) is 0 Å². The van der Waals surface area contributed by atoms with Gasteiger partial charge in [-0.05, 0) is 62.5 Å². The summed E-state index contributed by atoms with van der Waals surface area (Å²) in [6.45, 7) is 2.29. The summed E-state index contributed by atoms with van der Waals surface area (Å²) in [6, 6.07) is 20.5. The van der Waals surface area contributed by atoms with Crippen molar-refractivity contribution < 1.29 is 0 Å². The quantitative estimate of drug-likeness (QED) is 0.912. The molecular formula is C21H26N2. The van der Waals surface area contributed by atoms with Gasteiger partial charge in [0.2, 0.25) is 0 Å². The van der Waals surface area contributed by atoms with Crippen LogP contribution in [-0.4, -0.2) is 30.6 Å². The Morgan fingerprint density at radius 2 is 1.70 bits per heavy atom. The number of nitrogens with one attached hydrogen (secondary N) is 1. The van der Waals surface area contributed by atoms with Crippen LogP contribution in [0.15, 0.2) is 54.6 Å². The molecule has 2 aliphatic heterocycles. The summed E-state index contributed by atoms with van der Waals surface area (Å²) < 4.78 is 0. The third-order valence-electron chi connectivity index (χ3n) is 5.96. The van der Waals surface area contributed by atoms with E-state index in [9.17, 15) is 0 Å². The maximum Gasteiger partial charge on any atom is 0.0393 e. The SMILES string of the molecule is CN1C(Cc2ccccc2)c2ccccc2CC12CCNCC2. The topological polar surface area (TPSA) is 15.3 Å². The molecule has 1 spiro atoms. The molecular weight excluding hydrogens is 280 g/mol. The summed E-state index contributed by atoms with van der Waals surface area (Å²) in [5.74, 6) is 0. The lowest BCUT2D eigenvalue weighted by Crippen LogP contribution is -2.58. The van der Waals surface area contributed by atoms with E-state index in [0.717, 1.165) is 19.5 Å². The minimum atomic E-state index is 0.332. The Labute approximate surface area is 139 Å². The number of hydrogen-bond acceptors (Lipinski definition) is 2. The van der Waals surface area contributed by atoms with Gasteiger partial charge < -0.3 is 5.32 Å². The van der Waals surface area contributed by atoms with E-state index in [0.29, 0.717) is 11.6 Å². The molecule has 0 aromatic heterocycles. The zero-order valence-corrected chi connectivity index (χ0v) is 14.0. The summed E-state index contributed by atoms with van der Waals surface area (Å²) >= 11 is 0. The Bertz CT molecular complexity index is 659. The number of nitrogens with zero attached hydrogens (tertiary/aromatic N) is 1. The van der Waals surface area contributed by atoms with E-state index >= 15 is 0 Å². The molecule has 0 saturated carbocycles. The Morgan fingerprint density at radius 3 is 2.48 bits per heavy atom. The molecule has 2 aliphatic rings. The fourth-order valence-electron chi connectivity index (χ4n) is 4.54. The molecule has 2 heterocycles. The third-order valence-corrected chi connectivity index (χ3v) is 5.96. The van der Waals surface area contributed by atoms with Gasteiger partial charge >= 0.3 is 0 Å². The number of likely N-dealkylation sites (N-methyl/N-ethyl adjacent to an activating group) is 1. The lowest BCUT2D eigenvalue weighted by molar-refractivity contribution is 0.0285. The monoisotopic (exact) mass is 306 g/mol. The van der Waals surface area contributed by atoms with Crippen LogP contribution in [0, 0.1) is 0 Å². The smallest absolute Gasteiger partial charge is 0.0393 e. The Morgan fingerprint density at radius 1 is 1.00 bits per heavy atom. The van der Waals surface area contributed by atoms with Gasteiger partial charge in [-0.15, -0.1) is 0 Å². The molecule has 2 aromatic rings. The molecule has 23 heavy (non-hydrogen) atoms. The van der Waals surface area contributed by atoms with E-state index in [1.165, 1.54) is 30.4 Å². The zero-order valence-electron chi connectivity index (χ0n) is 14.0. The maximum atomic E-state index is 3.54. The second kappa shape index (κ2) is 6.10. The van der Waals surface area contributed by atoms with Crippen molar-refractivity contribution >= 4 is 0 Å². The summed E-state index contributed by atoms with van der Waals surface area (Å²) in [5, 5.41) is 3.54. The van der Waals surface area contributed by atoms with E-state index in [-0.39, 0.29) is 0 Å². The van der Waals surface area contributed by atoms with Crippen LogP contribution in [0.1, 0.15) is 35.6 Å². The highest BCUT2D eigenvalue weighted by Crippen LogP contribution is 2.43. The molecule has 1 unspecified atom stereocenters. The second-order valence-corrected chi connectivity index (χ2v) is 7.17. The van der Waals surface area contributed by atoms with Gasteiger partial charge in [-0.25, -0.2) is 0 Å². The van der Waals surface area contributed by atoms with E-state index in [1.807, 2.05) is 0 Å². The summed E-state index contributed by atoms with van der Waals surface area (Å²) in [5.41, 5.74) is 4.86. The number of hydrogen-bond donors (Lipinski definition) is 1. The molecule has 0 amide bonds. The first kappa shape index (κ1) is 14.9. The zero-order chi connectivity index (χ0) is 15.7. The van der Waals surface area contributed by atoms with Crippen LogP contribution < -0.4 is 5.32 Å². The van der Waals surface area contributed by atoms with Crippen LogP contribution in [-0.2, 0) is 12.8 Å². The van der Waals surface area contributed by atoms with Gasteiger partial charge in [0.05, 0.1) is 0 Å². The molecule has 0 bridgehead atoms. The highest BCUT2D eigenvalue weighted by Gasteiger charge is 2.43. The van der Waals surface area contributed by atoms with Crippen molar-refractivity contribution in [2.24, 2.45) is 0 Å². The summed E-state index contributed by atoms with van der Waals surface area (Å²) in [7, 11) is 2.36. The van der Waals surface area contributed by atoms with Crippen LogP contribution in [0.25, 0.3) is 0 Å². The summed E-state index contributed by atoms with van der Waals surface area (Å²) in [4.78, 5) is 2.70. The average molecular weight is 306 g/mol. The Kier molecular flexibility index (Phi) is 3.96. The van der Waals surface area contributed by atoms with Crippen molar-refractivity contribution in [3.8, 4) is 0 Å². The van der Waals surface area contributed by atoms with Crippen molar-refractivity contribution in [1.29, 1.82) is 0 Å². The summed E-state index contributed by atoms with van der Waals surface area (Å²) in [6.07, 6.45) is 4.81. The average Bonchev–Trinajstić information content (AvgIpc) is 2.61. The Balaban J connectivity index is 1.72. The largest absolute Gasteiger partial charge is 0.317 e. The normalized spacial score (nSPS) is 23.6. The van der Waals surface area contributed by atoms with Crippen LogP contribution in [0.2, 0.25) is 0 Å². The number of rotatable bonds is 2. The maximum absolute atomic E-state index is 3.54. The molecule has 1 atom stereocenters. The van der Waals surface area contributed by atoms with Gasteiger partial charge in [-0.3, -0.25) is 4.90 Å². The molecule has 0 radical (unpaired) electrons. The predicted octanol–water partition coefficient (Wildman–Crippen LogP) is 3.58. The van der Waals surface area contributed by atoms with Crippen molar-refractivity contribution in [3.63, 3.8) is 0 Å². The third kappa shape index (κ3) is 2.71. The van der Waals surface area contributed by atoms with Crippen LogP contribution >= 0.6 is 0 Å². The standard InChI is InChI=1S/C21H26N2/c1-23-20(15-17-7-3-2-4-8-17)19-10-6-5-9-18(19)16-21(23)11-13-22-14-12-21/h2-10,20,22H,11-16H2,1H3. The van der Waals surface area contributed by atoms with Gasteiger partial charge in [0.15, 0.2) is 0 Å². The van der Waals surface area contributed by atoms with Gasteiger partial charge in [0.1, 0.15) is 0 Å². The van der Waals surface area contributed by atoms with Crippen LogP contribution in [0.4, 0.5) is 0 Å². The lowest BCUT2D eigenvalue weighted by atomic mass is 9.73. The molecule has 2 nitrogen and oxygen atoms in total. The molecule has 0 aliphatic carbocycles. The fourth-order valence-corrected chi connectivity index (χ4v) is 4.54. The van der Waals surface area contributed by atoms with Crippen molar-refractivity contribution in [1.82, 2.24) is 10.2 Å². The lowest BCUT2D eigenvalue weighted by Gasteiger charge is -2.52. The molecule has 2 heteroatoms. The number of fused-ring (bicyclic) bond motifs is 1. The number of piperidine rings is 1. The minimum absolute atomic E-state index is 0.332.